The van der Waals surface area contributed by atoms with Gasteiger partial charge in [0.15, 0.2) is 18.1 Å². The Kier molecular flexibility index (Phi) is 7.32. The summed E-state index contributed by atoms with van der Waals surface area (Å²) >= 11 is 5.74. The lowest BCUT2D eigenvalue weighted by Gasteiger charge is -2.27. The minimum atomic E-state index is -0.550. The molecule has 0 radical (unpaired) electrons. The first-order valence-electron chi connectivity index (χ1n) is 10.5. The zero-order chi connectivity index (χ0) is 23.2. The second-order valence-corrected chi connectivity index (χ2v) is 7.97. The van der Waals surface area contributed by atoms with E-state index in [1.165, 1.54) is 18.2 Å². The molecule has 3 aromatic carbocycles. The summed E-state index contributed by atoms with van der Waals surface area (Å²) < 4.78 is 30.1. The maximum atomic E-state index is 13.3. The van der Waals surface area contributed by atoms with Crippen LogP contribution in [0.2, 0.25) is 5.02 Å². The van der Waals surface area contributed by atoms with Crippen molar-refractivity contribution in [2.45, 2.75) is 19.0 Å². The van der Waals surface area contributed by atoms with Crippen molar-refractivity contribution >= 4 is 23.2 Å². The molecule has 0 fully saturated rings. The van der Waals surface area contributed by atoms with Crippen LogP contribution in [-0.2, 0) is 11.3 Å². The highest BCUT2D eigenvalue weighted by Crippen LogP contribution is 2.32. The summed E-state index contributed by atoms with van der Waals surface area (Å²) in [5.41, 5.74) is 2.57. The van der Waals surface area contributed by atoms with Crippen LogP contribution in [0.25, 0.3) is 0 Å². The van der Waals surface area contributed by atoms with Crippen LogP contribution in [-0.4, -0.2) is 26.2 Å². The highest BCUT2D eigenvalue weighted by molar-refractivity contribution is 6.31. The molecule has 0 spiro atoms. The van der Waals surface area contributed by atoms with Crippen molar-refractivity contribution in [1.82, 2.24) is 5.32 Å². The number of nitrogens with one attached hydrogen (secondary N) is 2. The Morgan fingerprint density at radius 3 is 2.82 bits per heavy atom. The standard InChI is InChI=1S/C25H24ClFN2O4/c1-31-24-12-16(14-28-21-10-11-32-22-5-3-2-4-18(21)22)6-9-23(24)33-15-25(30)29-17-7-8-20(27)19(26)13-17/h2-9,12-13,21,28H,10-11,14-15H2,1H3,(H,29,30)/t21-/m0/s1. The third-order valence-corrected chi connectivity index (χ3v) is 5.59. The van der Waals surface area contributed by atoms with Crippen LogP contribution in [0, 0.1) is 5.82 Å². The van der Waals surface area contributed by atoms with Crippen LogP contribution >= 0.6 is 11.6 Å². The molecule has 172 valence electrons. The summed E-state index contributed by atoms with van der Waals surface area (Å²) in [7, 11) is 1.55. The molecule has 1 heterocycles. The van der Waals surface area contributed by atoms with Gasteiger partial charge < -0.3 is 24.8 Å². The number of fused-ring (bicyclic) bond motifs is 1. The van der Waals surface area contributed by atoms with Gasteiger partial charge in [-0.3, -0.25) is 4.79 Å². The molecule has 0 unspecified atom stereocenters. The Bertz CT molecular complexity index is 1140. The van der Waals surface area contributed by atoms with Gasteiger partial charge in [0, 0.05) is 30.3 Å². The van der Waals surface area contributed by atoms with E-state index in [1.807, 2.05) is 30.3 Å². The van der Waals surface area contributed by atoms with E-state index in [2.05, 4.69) is 16.7 Å². The Hall–Kier alpha value is -3.29. The van der Waals surface area contributed by atoms with Crippen molar-refractivity contribution in [3.8, 4) is 17.2 Å². The number of para-hydroxylation sites is 1. The van der Waals surface area contributed by atoms with E-state index >= 15 is 0 Å². The van der Waals surface area contributed by atoms with E-state index in [0.29, 0.717) is 30.3 Å². The molecule has 8 heteroatoms. The lowest BCUT2D eigenvalue weighted by atomic mass is 10.0. The van der Waals surface area contributed by atoms with E-state index in [0.717, 1.165) is 23.3 Å². The number of rotatable bonds is 8. The monoisotopic (exact) mass is 470 g/mol. The smallest absolute Gasteiger partial charge is 0.262 e. The summed E-state index contributed by atoms with van der Waals surface area (Å²) in [6.45, 7) is 1.08. The predicted molar refractivity (Wildman–Crippen MR) is 125 cm³/mol. The lowest BCUT2D eigenvalue weighted by molar-refractivity contribution is -0.118. The number of hydrogen-bond donors (Lipinski definition) is 2. The lowest BCUT2D eigenvalue weighted by Crippen LogP contribution is -2.26. The van der Waals surface area contributed by atoms with Gasteiger partial charge in [-0.1, -0.05) is 35.9 Å². The Morgan fingerprint density at radius 1 is 1.15 bits per heavy atom. The quantitative estimate of drug-likeness (QED) is 0.478. The van der Waals surface area contributed by atoms with Gasteiger partial charge in [-0.05, 0) is 42.0 Å². The summed E-state index contributed by atoms with van der Waals surface area (Å²) in [6, 6.07) is 17.8. The highest BCUT2D eigenvalue weighted by atomic mass is 35.5. The van der Waals surface area contributed by atoms with Crippen LogP contribution in [0.15, 0.2) is 60.7 Å². The molecular weight excluding hydrogens is 447 g/mol. The summed E-state index contributed by atoms with van der Waals surface area (Å²) in [4.78, 5) is 12.2. The molecular formula is C25H24ClFN2O4. The normalized spacial score (nSPS) is 14.7. The summed E-state index contributed by atoms with van der Waals surface area (Å²) in [5, 5.41) is 6.12. The molecule has 3 aromatic rings. The Balaban J connectivity index is 1.34. The fourth-order valence-electron chi connectivity index (χ4n) is 3.65. The van der Waals surface area contributed by atoms with Crippen LogP contribution < -0.4 is 24.8 Å². The van der Waals surface area contributed by atoms with E-state index in [-0.39, 0.29) is 17.7 Å². The van der Waals surface area contributed by atoms with E-state index in [1.54, 1.807) is 13.2 Å². The summed E-state index contributed by atoms with van der Waals surface area (Å²) in [6.07, 6.45) is 0.893. The largest absolute Gasteiger partial charge is 0.493 e. The minimum absolute atomic E-state index is 0.0659. The van der Waals surface area contributed by atoms with Crippen molar-refractivity contribution in [2.75, 3.05) is 25.6 Å². The van der Waals surface area contributed by atoms with Crippen LogP contribution in [0.5, 0.6) is 17.2 Å². The molecule has 1 atom stereocenters. The summed E-state index contributed by atoms with van der Waals surface area (Å²) in [5.74, 6) is 0.947. The molecule has 0 saturated heterocycles. The zero-order valence-electron chi connectivity index (χ0n) is 18.1. The number of ether oxygens (including phenoxy) is 3. The number of carbonyl (C=O) groups excluding carboxylic acids is 1. The maximum absolute atomic E-state index is 13.3. The molecule has 2 N–H and O–H groups in total. The van der Waals surface area contributed by atoms with Crippen LogP contribution in [0.1, 0.15) is 23.6 Å². The fourth-order valence-corrected chi connectivity index (χ4v) is 3.83. The molecule has 4 rings (SSSR count). The molecule has 1 amide bonds. The van der Waals surface area contributed by atoms with Gasteiger partial charge in [-0.15, -0.1) is 0 Å². The average molecular weight is 471 g/mol. The van der Waals surface area contributed by atoms with Gasteiger partial charge in [-0.25, -0.2) is 4.39 Å². The van der Waals surface area contributed by atoms with Crippen molar-refractivity contribution in [1.29, 1.82) is 0 Å². The van der Waals surface area contributed by atoms with Gasteiger partial charge in [-0.2, -0.15) is 0 Å². The fraction of sp³-hybridized carbons (Fsp3) is 0.240. The number of carbonyl (C=O) groups is 1. The predicted octanol–water partition coefficient (Wildman–Crippen LogP) is 5.12. The average Bonchev–Trinajstić information content (AvgIpc) is 2.84. The molecule has 1 aliphatic heterocycles. The molecule has 0 bridgehead atoms. The SMILES string of the molecule is COc1cc(CN[C@H]2CCOc3ccccc32)ccc1OCC(=O)Nc1ccc(F)c(Cl)c1. The first kappa shape index (κ1) is 22.9. The van der Waals surface area contributed by atoms with E-state index in [4.69, 9.17) is 25.8 Å². The third kappa shape index (κ3) is 5.74. The molecule has 6 nitrogen and oxygen atoms in total. The molecule has 33 heavy (non-hydrogen) atoms. The number of hydrogen-bond acceptors (Lipinski definition) is 5. The van der Waals surface area contributed by atoms with Crippen LogP contribution in [0.3, 0.4) is 0 Å². The number of benzene rings is 3. The maximum Gasteiger partial charge on any atom is 0.262 e. The van der Waals surface area contributed by atoms with Gasteiger partial charge >= 0.3 is 0 Å². The first-order valence-corrected chi connectivity index (χ1v) is 10.9. The number of anilines is 1. The van der Waals surface area contributed by atoms with Crippen molar-refractivity contribution < 1.29 is 23.4 Å². The molecule has 0 aliphatic carbocycles. The highest BCUT2D eigenvalue weighted by Gasteiger charge is 2.20. The Morgan fingerprint density at radius 2 is 2.00 bits per heavy atom. The third-order valence-electron chi connectivity index (χ3n) is 5.30. The van der Waals surface area contributed by atoms with E-state index in [9.17, 15) is 9.18 Å². The van der Waals surface area contributed by atoms with Crippen LogP contribution in [0.4, 0.5) is 10.1 Å². The van der Waals surface area contributed by atoms with Gasteiger partial charge in [0.2, 0.25) is 0 Å². The molecule has 0 saturated carbocycles. The van der Waals surface area contributed by atoms with E-state index < -0.39 is 11.7 Å². The Labute approximate surface area is 196 Å². The number of halogens is 2. The molecule has 0 aromatic heterocycles. The van der Waals surface area contributed by atoms with Crippen molar-refractivity contribution in [2.24, 2.45) is 0 Å². The first-order chi connectivity index (χ1) is 16.0. The second-order valence-electron chi connectivity index (χ2n) is 7.56. The van der Waals surface area contributed by atoms with Crippen molar-refractivity contribution in [3.63, 3.8) is 0 Å². The molecule has 1 aliphatic rings. The van der Waals surface area contributed by atoms with Crippen molar-refractivity contribution in [3.05, 3.63) is 82.6 Å². The van der Waals surface area contributed by atoms with Gasteiger partial charge in [0.25, 0.3) is 5.91 Å². The number of methoxy groups -OCH3 is 1. The zero-order valence-corrected chi connectivity index (χ0v) is 18.8. The second kappa shape index (κ2) is 10.6. The minimum Gasteiger partial charge on any atom is -0.493 e. The topological polar surface area (TPSA) is 68.8 Å². The number of amides is 1. The van der Waals surface area contributed by atoms with Gasteiger partial charge in [0.1, 0.15) is 11.6 Å². The van der Waals surface area contributed by atoms with Gasteiger partial charge in [0.05, 0.1) is 18.7 Å².